The van der Waals surface area contributed by atoms with Gasteiger partial charge in [-0.25, -0.2) is 0 Å². The van der Waals surface area contributed by atoms with E-state index in [1.807, 2.05) is 0 Å². The number of hydrogen-bond acceptors (Lipinski definition) is 5. The van der Waals surface area contributed by atoms with Crippen molar-refractivity contribution < 1.29 is 14.7 Å². The molecule has 5 aliphatic rings. The Hall–Kier alpha value is -0.910. The Morgan fingerprint density at radius 2 is 2.07 bits per heavy atom. The highest BCUT2D eigenvalue weighted by Gasteiger charge is 2.61. The number of allylic oxidation sites excluding steroid dienone is 2. The molecule has 5 nitrogen and oxygen atoms in total. The van der Waals surface area contributed by atoms with Crippen molar-refractivity contribution in [2.24, 2.45) is 40.4 Å². The van der Waals surface area contributed by atoms with Gasteiger partial charge in [0.2, 0.25) is 0 Å². The van der Waals surface area contributed by atoms with E-state index in [2.05, 4.69) is 30.7 Å². The van der Waals surface area contributed by atoms with Crippen LogP contribution in [0.4, 0.5) is 0 Å². The van der Waals surface area contributed by atoms with Crippen LogP contribution in [0.1, 0.15) is 65.2 Å². The Kier molecular flexibility index (Phi) is 5.07. The Morgan fingerprint density at radius 3 is 2.83 bits per heavy atom. The van der Waals surface area contributed by atoms with Crippen LogP contribution in [0.15, 0.2) is 11.8 Å². The molecule has 162 valence electrons. The molecule has 1 heterocycles. The van der Waals surface area contributed by atoms with Gasteiger partial charge in [-0.2, -0.15) is 0 Å². The summed E-state index contributed by atoms with van der Waals surface area (Å²) in [5.74, 6) is 2.91. The van der Waals surface area contributed by atoms with E-state index in [0.717, 1.165) is 58.0 Å². The molecule has 3 N–H and O–H groups in total. The zero-order chi connectivity index (χ0) is 20.2. The summed E-state index contributed by atoms with van der Waals surface area (Å²) in [5.41, 5.74) is 4.66. The third-order valence-electron chi connectivity index (χ3n) is 9.78. The maximum absolute atomic E-state index is 12.7. The summed E-state index contributed by atoms with van der Waals surface area (Å²) >= 11 is 0. The van der Waals surface area contributed by atoms with Crippen LogP contribution < -0.4 is 10.8 Å². The molecule has 0 radical (unpaired) electrons. The summed E-state index contributed by atoms with van der Waals surface area (Å²) in [6.45, 7) is 6.95. The van der Waals surface area contributed by atoms with E-state index in [1.54, 1.807) is 0 Å². The van der Waals surface area contributed by atoms with Gasteiger partial charge >= 0.3 is 0 Å². The zero-order valence-corrected chi connectivity index (χ0v) is 18.1. The van der Waals surface area contributed by atoms with Gasteiger partial charge in [0, 0.05) is 30.7 Å². The lowest BCUT2D eigenvalue weighted by Gasteiger charge is -2.61. The molecule has 4 aliphatic carbocycles. The first-order valence-corrected chi connectivity index (χ1v) is 11.9. The predicted octanol–water partition coefficient (Wildman–Crippen LogP) is 3.19. The normalized spacial score (nSPS) is 49.2. The van der Waals surface area contributed by atoms with Crippen molar-refractivity contribution in [1.29, 1.82) is 0 Å². The van der Waals surface area contributed by atoms with Crippen LogP contribution in [-0.2, 0) is 9.63 Å². The number of aliphatic hydroxyl groups excluding tert-OH is 1. The highest BCUT2D eigenvalue weighted by molar-refractivity contribution is 5.87. The Morgan fingerprint density at radius 1 is 1.21 bits per heavy atom. The number of rotatable bonds is 4. The number of fused-ring (bicyclic) bond motifs is 5. The first-order valence-electron chi connectivity index (χ1n) is 11.9. The summed E-state index contributed by atoms with van der Waals surface area (Å²) in [4.78, 5) is 18.6. The first-order chi connectivity index (χ1) is 14.0. The molecule has 0 aromatic heterocycles. The van der Waals surface area contributed by atoms with E-state index in [-0.39, 0.29) is 23.5 Å². The van der Waals surface area contributed by atoms with Crippen molar-refractivity contribution in [1.82, 2.24) is 10.8 Å². The van der Waals surface area contributed by atoms with E-state index >= 15 is 0 Å². The topological polar surface area (TPSA) is 70.6 Å². The second kappa shape index (κ2) is 7.35. The number of nitrogens with one attached hydrogen (secondary N) is 2. The molecule has 0 bridgehead atoms. The second-order valence-electron chi connectivity index (χ2n) is 11.0. The van der Waals surface area contributed by atoms with Gasteiger partial charge in [-0.1, -0.05) is 19.9 Å². The first kappa shape index (κ1) is 20.0. The molecule has 8 atom stereocenters. The van der Waals surface area contributed by atoms with Crippen LogP contribution in [0, 0.1) is 40.4 Å². The maximum Gasteiger partial charge on any atom is 0.139 e. The summed E-state index contributed by atoms with van der Waals surface area (Å²) < 4.78 is 0. The summed E-state index contributed by atoms with van der Waals surface area (Å²) in [7, 11) is 0. The largest absolute Gasteiger partial charge is 0.396 e. The van der Waals surface area contributed by atoms with Crippen molar-refractivity contribution in [3.63, 3.8) is 0 Å². The van der Waals surface area contributed by atoms with Gasteiger partial charge in [-0.15, -0.1) is 0 Å². The monoisotopic (exact) mass is 402 g/mol. The minimum atomic E-state index is -0.127. The number of hydrogen-bond donors (Lipinski definition) is 3. The van der Waals surface area contributed by atoms with Crippen LogP contribution >= 0.6 is 0 Å². The molecule has 1 aliphatic heterocycles. The van der Waals surface area contributed by atoms with Gasteiger partial charge in [-0.05, 0) is 86.5 Å². The van der Waals surface area contributed by atoms with E-state index in [1.165, 1.54) is 12.1 Å². The lowest BCUT2D eigenvalue weighted by Crippen LogP contribution is -2.56. The van der Waals surface area contributed by atoms with Crippen molar-refractivity contribution in [2.45, 2.75) is 71.3 Å². The molecular weight excluding hydrogens is 364 g/mol. The number of Topliss-reactive ketones (excluding diaryl/α,β-unsaturated/α-hetero) is 1. The van der Waals surface area contributed by atoms with Crippen LogP contribution in [0.3, 0.4) is 0 Å². The van der Waals surface area contributed by atoms with E-state index in [9.17, 15) is 9.90 Å². The fraction of sp³-hybridized carbons (Fsp3) is 0.875. The van der Waals surface area contributed by atoms with Gasteiger partial charge in [0.25, 0.3) is 0 Å². The lowest BCUT2D eigenvalue weighted by molar-refractivity contribution is -0.145. The van der Waals surface area contributed by atoms with Gasteiger partial charge in [0.05, 0.1) is 6.10 Å². The minimum Gasteiger partial charge on any atom is -0.396 e. The molecule has 1 unspecified atom stereocenters. The molecule has 4 fully saturated rings. The molecular formula is C24H38N2O3. The molecule has 0 aromatic carbocycles. The fourth-order valence-corrected chi connectivity index (χ4v) is 7.95. The van der Waals surface area contributed by atoms with Gasteiger partial charge in [0.15, 0.2) is 0 Å². The number of ketones is 1. The van der Waals surface area contributed by atoms with E-state index < -0.39 is 0 Å². The maximum atomic E-state index is 12.7. The number of carbonyl (C=O) groups excluding carboxylic acids is 1. The third-order valence-corrected chi connectivity index (χ3v) is 9.78. The van der Waals surface area contributed by atoms with Crippen molar-refractivity contribution in [3.05, 3.63) is 11.8 Å². The quantitative estimate of drug-likeness (QED) is 0.630. The van der Waals surface area contributed by atoms with Gasteiger partial charge < -0.3 is 10.4 Å². The van der Waals surface area contributed by atoms with Crippen LogP contribution in [0.5, 0.6) is 0 Å². The molecule has 1 saturated heterocycles. The van der Waals surface area contributed by atoms with E-state index in [0.29, 0.717) is 35.4 Å². The molecule has 5 rings (SSSR count). The molecule has 5 heteroatoms. The lowest BCUT2D eigenvalue weighted by atomic mass is 9.44. The Bertz CT molecular complexity index is 688. The zero-order valence-electron chi connectivity index (χ0n) is 18.1. The summed E-state index contributed by atoms with van der Waals surface area (Å²) in [6, 6.07) is 0. The van der Waals surface area contributed by atoms with Crippen molar-refractivity contribution in [3.8, 4) is 0 Å². The van der Waals surface area contributed by atoms with Crippen molar-refractivity contribution in [2.75, 3.05) is 19.7 Å². The summed E-state index contributed by atoms with van der Waals surface area (Å²) in [5, 5.41) is 13.7. The Labute approximate surface area is 175 Å². The Balaban J connectivity index is 1.37. The molecule has 0 amide bonds. The summed E-state index contributed by atoms with van der Waals surface area (Å²) in [6.07, 6.45) is 11.0. The van der Waals surface area contributed by atoms with Crippen molar-refractivity contribution >= 4 is 5.78 Å². The van der Waals surface area contributed by atoms with Gasteiger partial charge in [0.1, 0.15) is 5.78 Å². The van der Waals surface area contributed by atoms with Crippen LogP contribution in [0.2, 0.25) is 0 Å². The van der Waals surface area contributed by atoms with E-state index in [4.69, 9.17) is 4.84 Å². The highest BCUT2D eigenvalue weighted by Crippen LogP contribution is 2.66. The van der Waals surface area contributed by atoms with Crippen LogP contribution in [-0.4, -0.2) is 36.7 Å². The van der Waals surface area contributed by atoms with Gasteiger partial charge in [-0.3, -0.25) is 15.1 Å². The average Bonchev–Trinajstić information content (AvgIpc) is 3.34. The molecule has 3 saturated carbocycles. The highest BCUT2D eigenvalue weighted by atomic mass is 16.7. The molecule has 29 heavy (non-hydrogen) atoms. The third kappa shape index (κ3) is 3.11. The second-order valence-corrected chi connectivity index (χ2v) is 11.0. The standard InChI is InChI=1S/C24H38N2O3/c1-23-8-5-17(26-29-18-7-10-25-13-18)12-16(23)11-15(14-27)22-19-3-4-21(28)24(19,2)9-6-20(22)23/h12,15-16,18-20,22,25-27H,3-11,13-14H2,1-2H3/t15-,16?,18-,19-,20-,22-,23-,24-/m0/s1. The predicted molar refractivity (Wildman–Crippen MR) is 112 cm³/mol. The molecule has 0 aromatic rings. The smallest absolute Gasteiger partial charge is 0.139 e. The SMILES string of the molecule is C[C@]12CCC(NO[C@H]3CCNC3)=CC1C[C@@H](CO)[C@@H]1[C@@H]2CC[C@]2(C)C(=O)CC[C@@H]12. The number of aliphatic hydroxyl groups is 1. The molecule has 0 spiro atoms. The average molecular weight is 403 g/mol. The number of carbonyl (C=O) groups is 1. The minimum absolute atomic E-state index is 0.127. The number of hydroxylamine groups is 1. The van der Waals surface area contributed by atoms with Crippen LogP contribution in [0.25, 0.3) is 0 Å². The fourth-order valence-electron chi connectivity index (χ4n) is 7.95.